The summed E-state index contributed by atoms with van der Waals surface area (Å²) in [6.45, 7) is 4.04. The standard InChI is InChI=1S/C28H39N4O8PS/c1-18(2)15-40-28(36)31-23(16-42-17-41(37,38)39)27(35)32-12-6-5-9-24(32)26(34)30-22(25(29)33)14-19-10-11-20-7-3-4-8-21(20)13-19/h3-4,7-8,10-11,13,18,22-24H,5-6,9,12,14-17H2,1-2H3,(H2,29,33)(H,30,34)(H,31,36)(H2,37,38,39). The topological polar surface area (TPSA) is 188 Å². The highest BCUT2D eigenvalue weighted by Crippen LogP contribution is 2.38. The Morgan fingerprint density at radius 3 is 2.45 bits per heavy atom. The fourth-order valence-electron chi connectivity index (χ4n) is 4.65. The minimum absolute atomic E-state index is 0.0527. The molecule has 3 unspecified atom stereocenters. The number of thioether (sulfide) groups is 1. The van der Waals surface area contributed by atoms with Gasteiger partial charge in [0.15, 0.2) is 0 Å². The number of nitrogens with zero attached hydrogens (tertiary/aromatic N) is 1. The number of carbonyl (C=O) groups is 4. The van der Waals surface area contributed by atoms with E-state index in [1.807, 2.05) is 56.3 Å². The summed E-state index contributed by atoms with van der Waals surface area (Å²) < 4.78 is 16.5. The first-order chi connectivity index (χ1) is 19.8. The van der Waals surface area contributed by atoms with Crippen LogP contribution in [-0.4, -0.2) is 81.0 Å². The van der Waals surface area contributed by atoms with Crippen molar-refractivity contribution in [1.82, 2.24) is 15.5 Å². The lowest BCUT2D eigenvalue weighted by atomic mass is 9.98. The molecule has 0 aliphatic carbocycles. The van der Waals surface area contributed by atoms with E-state index < -0.39 is 55.0 Å². The van der Waals surface area contributed by atoms with E-state index in [4.69, 9.17) is 10.5 Å². The molecule has 0 bridgehead atoms. The number of alkyl carbamates (subject to hydrolysis) is 1. The zero-order valence-electron chi connectivity index (χ0n) is 23.7. The molecule has 14 heteroatoms. The Kier molecular flexibility index (Phi) is 12.2. The van der Waals surface area contributed by atoms with E-state index in [0.29, 0.717) is 19.3 Å². The summed E-state index contributed by atoms with van der Waals surface area (Å²) in [5.41, 5.74) is 5.91. The van der Waals surface area contributed by atoms with Crippen LogP contribution in [0.2, 0.25) is 0 Å². The van der Waals surface area contributed by atoms with Crippen molar-refractivity contribution in [2.75, 3.05) is 24.4 Å². The number of rotatable bonds is 13. The van der Waals surface area contributed by atoms with Gasteiger partial charge in [-0.25, -0.2) is 4.79 Å². The van der Waals surface area contributed by atoms with Crippen LogP contribution in [0.1, 0.15) is 38.7 Å². The number of fused-ring (bicyclic) bond motifs is 1. The molecule has 2 aromatic rings. The SMILES string of the molecule is CC(C)COC(=O)NC(CSCP(=O)(O)O)C(=O)N1CCCCC1C(=O)NC(Cc1ccc2ccccc2c1)C(N)=O. The number of benzene rings is 2. The fraction of sp³-hybridized carbons (Fsp3) is 0.500. The number of likely N-dealkylation sites (tertiary alicyclic amines) is 1. The van der Waals surface area contributed by atoms with Crippen LogP contribution in [0.15, 0.2) is 42.5 Å². The number of ether oxygens (including phenoxy) is 1. The van der Waals surface area contributed by atoms with Gasteiger partial charge in [0.2, 0.25) is 17.7 Å². The number of piperidine rings is 1. The average Bonchev–Trinajstić information content (AvgIpc) is 2.94. The summed E-state index contributed by atoms with van der Waals surface area (Å²) in [7, 11) is -4.35. The number of hydrogen-bond donors (Lipinski definition) is 5. The van der Waals surface area contributed by atoms with Crippen LogP contribution >= 0.6 is 19.4 Å². The van der Waals surface area contributed by atoms with Crippen LogP contribution in [-0.2, 0) is 30.1 Å². The zero-order valence-corrected chi connectivity index (χ0v) is 25.4. The summed E-state index contributed by atoms with van der Waals surface area (Å²) in [5.74, 6) is -1.93. The van der Waals surface area contributed by atoms with Crippen molar-refractivity contribution in [2.24, 2.45) is 11.7 Å². The molecule has 1 heterocycles. The van der Waals surface area contributed by atoms with Crippen molar-refractivity contribution >= 4 is 53.9 Å². The quantitative estimate of drug-likeness (QED) is 0.209. The molecule has 2 aromatic carbocycles. The van der Waals surface area contributed by atoms with E-state index in [9.17, 15) is 33.5 Å². The third-order valence-corrected chi connectivity index (χ3v) is 9.33. The third-order valence-electron chi connectivity index (χ3n) is 6.68. The average molecular weight is 623 g/mol. The van der Waals surface area contributed by atoms with Gasteiger partial charge in [-0.3, -0.25) is 18.9 Å². The van der Waals surface area contributed by atoms with Crippen molar-refractivity contribution in [2.45, 2.75) is 57.7 Å². The number of primary amides is 1. The Labute approximate surface area is 249 Å². The molecule has 42 heavy (non-hydrogen) atoms. The Hall–Kier alpha value is -3.12. The van der Waals surface area contributed by atoms with E-state index in [2.05, 4.69) is 10.6 Å². The van der Waals surface area contributed by atoms with E-state index >= 15 is 0 Å². The van der Waals surface area contributed by atoms with E-state index in [1.54, 1.807) is 0 Å². The fourth-order valence-corrected chi connectivity index (χ4v) is 6.49. The Bertz CT molecular complexity index is 1320. The van der Waals surface area contributed by atoms with Gasteiger partial charge < -0.3 is 35.8 Å². The molecule has 1 saturated heterocycles. The molecule has 12 nitrogen and oxygen atoms in total. The van der Waals surface area contributed by atoms with Crippen molar-refractivity contribution in [1.29, 1.82) is 0 Å². The number of amides is 4. The predicted molar refractivity (Wildman–Crippen MR) is 161 cm³/mol. The first-order valence-corrected chi connectivity index (χ1v) is 16.7. The maximum Gasteiger partial charge on any atom is 0.407 e. The van der Waals surface area contributed by atoms with Gasteiger partial charge in [0.1, 0.15) is 18.1 Å². The van der Waals surface area contributed by atoms with Crippen LogP contribution in [0, 0.1) is 5.92 Å². The van der Waals surface area contributed by atoms with Gasteiger partial charge in [-0.15, -0.1) is 11.8 Å². The predicted octanol–water partition coefficient (Wildman–Crippen LogP) is 2.35. The van der Waals surface area contributed by atoms with Crippen LogP contribution in [0.4, 0.5) is 4.79 Å². The van der Waals surface area contributed by atoms with Crippen LogP contribution < -0.4 is 16.4 Å². The molecule has 0 spiro atoms. The van der Waals surface area contributed by atoms with Gasteiger partial charge in [0, 0.05) is 18.7 Å². The molecule has 3 atom stereocenters. The Balaban J connectivity index is 1.74. The van der Waals surface area contributed by atoms with Gasteiger partial charge in [0.05, 0.1) is 12.1 Å². The van der Waals surface area contributed by atoms with Crippen molar-refractivity contribution in [3.63, 3.8) is 0 Å². The van der Waals surface area contributed by atoms with Crippen molar-refractivity contribution in [3.8, 4) is 0 Å². The molecule has 1 fully saturated rings. The van der Waals surface area contributed by atoms with Crippen molar-refractivity contribution < 1.29 is 38.3 Å². The molecule has 6 N–H and O–H groups in total. The van der Waals surface area contributed by atoms with E-state index in [1.165, 1.54) is 4.90 Å². The second-order valence-electron chi connectivity index (χ2n) is 10.7. The molecular formula is C28H39N4O8PS. The first-order valence-electron chi connectivity index (χ1n) is 13.8. The van der Waals surface area contributed by atoms with E-state index in [0.717, 1.165) is 28.1 Å². The maximum atomic E-state index is 13.7. The highest BCUT2D eigenvalue weighted by atomic mass is 32.2. The molecule has 0 saturated carbocycles. The van der Waals surface area contributed by atoms with E-state index in [-0.39, 0.29) is 31.2 Å². The molecule has 0 aromatic heterocycles. The number of carbonyl (C=O) groups excluding carboxylic acids is 4. The lowest BCUT2D eigenvalue weighted by Crippen LogP contribution is -2.60. The molecule has 1 aliphatic heterocycles. The number of nitrogens with one attached hydrogen (secondary N) is 2. The van der Waals surface area contributed by atoms with Crippen LogP contribution in [0.5, 0.6) is 0 Å². The molecule has 4 amide bonds. The van der Waals surface area contributed by atoms with Gasteiger partial charge >= 0.3 is 13.7 Å². The maximum absolute atomic E-state index is 13.7. The third kappa shape index (κ3) is 10.3. The lowest BCUT2D eigenvalue weighted by molar-refractivity contribution is -0.144. The summed E-state index contributed by atoms with van der Waals surface area (Å²) >= 11 is 0.810. The summed E-state index contributed by atoms with van der Waals surface area (Å²) in [5, 5.41) is 7.22. The van der Waals surface area contributed by atoms with Crippen molar-refractivity contribution in [3.05, 3.63) is 48.0 Å². The second kappa shape index (κ2) is 15.4. The van der Waals surface area contributed by atoms with Gasteiger partial charge in [-0.2, -0.15) is 0 Å². The Morgan fingerprint density at radius 2 is 1.79 bits per heavy atom. The van der Waals surface area contributed by atoms with Gasteiger partial charge in [-0.05, 0) is 41.5 Å². The lowest BCUT2D eigenvalue weighted by Gasteiger charge is -2.37. The molecule has 230 valence electrons. The second-order valence-corrected chi connectivity index (χ2v) is 13.8. The highest BCUT2D eigenvalue weighted by Gasteiger charge is 2.37. The first kappa shape index (κ1) is 33.4. The van der Waals surface area contributed by atoms with Crippen LogP contribution in [0.25, 0.3) is 10.8 Å². The number of hydrogen-bond acceptors (Lipinski definition) is 7. The van der Waals surface area contributed by atoms with Gasteiger partial charge in [-0.1, -0.05) is 56.3 Å². The summed E-state index contributed by atoms with van der Waals surface area (Å²) in [4.78, 5) is 71.7. The molecule has 0 radical (unpaired) electrons. The monoisotopic (exact) mass is 622 g/mol. The smallest absolute Gasteiger partial charge is 0.407 e. The minimum atomic E-state index is -4.35. The number of nitrogens with two attached hydrogens (primary N) is 1. The summed E-state index contributed by atoms with van der Waals surface area (Å²) in [6.07, 6.45) is 0.929. The normalized spacial score (nSPS) is 17.0. The summed E-state index contributed by atoms with van der Waals surface area (Å²) in [6, 6.07) is 10.3. The molecule has 3 rings (SSSR count). The Morgan fingerprint density at radius 1 is 1.07 bits per heavy atom. The molecule has 1 aliphatic rings. The highest BCUT2D eigenvalue weighted by molar-refractivity contribution is 8.04. The largest absolute Gasteiger partial charge is 0.449 e. The minimum Gasteiger partial charge on any atom is -0.449 e. The van der Waals surface area contributed by atoms with Gasteiger partial charge in [0.25, 0.3) is 0 Å². The molecular weight excluding hydrogens is 583 g/mol. The van der Waals surface area contributed by atoms with Crippen LogP contribution in [0.3, 0.4) is 0 Å². The zero-order chi connectivity index (χ0) is 30.9.